The first-order chi connectivity index (χ1) is 11.8. The third-order valence-electron chi connectivity index (χ3n) is 4.27. The average molecular weight is 321 g/mol. The Morgan fingerprint density at radius 1 is 0.917 bits per heavy atom. The summed E-state index contributed by atoms with van der Waals surface area (Å²) in [6.07, 6.45) is 4.03. The molecular formula is C19H19N3O2. The first-order valence-corrected chi connectivity index (χ1v) is 8.02. The molecule has 1 N–H and O–H groups in total. The molecule has 122 valence electrons. The quantitative estimate of drug-likeness (QED) is 0.772. The molecule has 0 radical (unpaired) electrons. The molecule has 0 aliphatic heterocycles. The Balaban J connectivity index is 1.79. The molecule has 1 heterocycles. The van der Waals surface area contributed by atoms with Gasteiger partial charge in [-0.25, -0.2) is 9.97 Å². The van der Waals surface area contributed by atoms with Gasteiger partial charge in [0.05, 0.1) is 19.7 Å². The largest absolute Gasteiger partial charge is 0.493 e. The van der Waals surface area contributed by atoms with Crippen LogP contribution in [0.15, 0.2) is 42.7 Å². The van der Waals surface area contributed by atoms with E-state index in [1.807, 2.05) is 24.3 Å². The molecule has 5 heteroatoms. The Morgan fingerprint density at radius 2 is 1.67 bits per heavy atom. The van der Waals surface area contributed by atoms with Crippen LogP contribution in [0.25, 0.3) is 22.0 Å². The molecule has 3 aromatic rings. The number of methoxy groups -OCH3 is 2. The van der Waals surface area contributed by atoms with Crippen molar-refractivity contribution in [3.05, 3.63) is 42.7 Å². The number of nitrogens with zero attached hydrogens (tertiary/aromatic N) is 2. The molecule has 2 aromatic carbocycles. The van der Waals surface area contributed by atoms with E-state index in [1.54, 1.807) is 20.5 Å². The summed E-state index contributed by atoms with van der Waals surface area (Å²) >= 11 is 0. The zero-order valence-electron chi connectivity index (χ0n) is 13.7. The molecule has 5 nitrogen and oxygen atoms in total. The van der Waals surface area contributed by atoms with E-state index in [4.69, 9.17) is 9.47 Å². The predicted octanol–water partition coefficient (Wildman–Crippen LogP) is 3.89. The van der Waals surface area contributed by atoms with Crippen molar-refractivity contribution >= 4 is 16.7 Å². The molecule has 1 fully saturated rings. The lowest BCUT2D eigenvalue weighted by molar-refractivity contribution is 0.355. The van der Waals surface area contributed by atoms with Crippen molar-refractivity contribution in [2.24, 2.45) is 0 Å². The standard InChI is InChI=1S/C19H19N3O2/c1-23-17-8-4-13(10-18(17)24-2)12-3-7-16-15(9-12)19(21-11-20-16)22-14-5-6-14/h3-4,7-11,14H,5-6H2,1-2H3,(H,20,21,22). The highest BCUT2D eigenvalue weighted by atomic mass is 16.5. The Bertz CT molecular complexity index is 891. The Hall–Kier alpha value is -2.82. The van der Waals surface area contributed by atoms with Crippen LogP contribution in [0.4, 0.5) is 5.82 Å². The van der Waals surface area contributed by atoms with Crippen molar-refractivity contribution < 1.29 is 9.47 Å². The Labute approximate surface area is 140 Å². The van der Waals surface area contributed by atoms with Crippen LogP contribution in [0.5, 0.6) is 11.5 Å². The van der Waals surface area contributed by atoms with E-state index < -0.39 is 0 Å². The van der Waals surface area contributed by atoms with Gasteiger partial charge in [-0.05, 0) is 48.2 Å². The van der Waals surface area contributed by atoms with Crippen LogP contribution >= 0.6 is 0 Å². The zero-order valence-corrected chi connectivity index (χ0v) is 13.7. The Kier molecular flexibility index (Phi) is 3.69. The monoisotopic (exact) mass is 321 g/mol. The van der Waals surface area contributed by atoms with E-state index in [2.05, 4.69) is 27.4 Å². The minimum Gasteiger partial charge on any atom is -0.493 e. The summed E-state index contributed by atoms with van der Waals surface area (Å²) in [6.45, 7) is 0. The van der Waals surface area contributed by atoms with E-state index in [-0.39, 0.29) is 0 Å². The second-order valence-electron chi connectivity index (χ2n) is 5.94. The van der Waals surface area contributed by atoms with E-state index in [0.717, 1.165) is 39.3 Å². The lowest BCUT2D eigenvalue weighted by Gasteiger charge is -2.11. The first-order valence-electron chi connectivity index (χ1n) is 8.02. The molecule has 0 spiro atoms. The number of aromatic nitrogens is 2. The van der Waals surface area contributed by atoms with Crippen molar-refractivity contribution in [3.8, 4) is 22.6 Å². The number of anilines is 1. The summed E-state index contributed by atoms with van der Waals surface area (Å²) in [5, 5.41) is 4.52. The van der Waals surface area contributed by atoms with Crippen molar-refractivity contribution in [1.82, 2.24) is 9.97 Å². The normalized spacial score (nSPS) is 13.8. The van der Waals surface area contributed by atoms with Gasteiger partial charge in [0.25, 0.3) is 0 Å². The number of rotatable bonds is 5. The maximum atomic E-state index is 5.41. The lowest BCUT2D eigenvalue weighted by Crippen LogP contribution is -2.04. The van der Waals surface area contributed by atoms with Gasteiger partial charge in [-0.15, -0.1) is 0 Å². The fraction of sp³-hybridized carbons (Fsp3) is 0.263. The second kappa shape index (κ2) is 6.00. The molecule has 24 heavy (non-hydrogen) atoms. The fourth-order valence-corrected chi connectivity index (χ4v) is 2.79. The summed E-state index contributed by atoms with van der Waals surface area (Å²) in [5.41, 5.74) is 3.10. The molecule has 0 bridgehead atoms. The van der Waals surface area contributed by atoms with Gasteiger partial charge in [0.1, 0.15) is 12.1 Å². The maximum Gasteiger partial charge on any atom is 0.161 e. The van der Waals surface area contributed by atoms with Crippen LogP contribution in [0.1, 0.15) is 12.8 Å². The number of ether oxygens (including phenoxy) is 2. The molecule has 0 amide bonds. The molecule has 0 saturated heterocycles. The third-order valence-corrected chi connectivity index (χ3v) is 4.27. The van der Waals surface area contributed by atoms with Crippen LogP contribution in [0.2, 0.25) is 0 Å². The van der Waals surface area contributed by atoms with E-state index in [1.165, 1.54) is 12.8 Å². The predicted molar refractivity (Wildman–Crippen MR) is 94.7 cm³/mol. The summed E-state index contributed by atoms with van der Waals surface area (Å²) < 4.78 is 10.7. The fourth-order valence-electron chi connectivity index (χ4n) is 2.79. The molecule has 0 unspecified atom stereocenters. The van der Waals surface area contributed by atoms with Crippen LogP contribution in [0, 0.1) is 0 Å². The van der Waals surface area contributed by atoms with Crippen LogP contribution in [-0.2, 0) is 0 Å². The van der Waals surface area contributed by atoms with Gasteiger partial charge >= 0.3 is 0 Å². The minimum absolute atomic E-state index is 0.549. The first kappa shape index (κ1) is 14.8. The minimum atomic E-state index is 0.549. The van der Waals surface area contributed by atoms with E-state index in [0.29, 0.717) is 6.04 Å². The topological polar surface area (TPSA) is 56.3 Å². The highest BCUT2D eigenvalue weighted by Crippen LogP contribution is 2.34. The number of nitrogens with one attached hydrogen (secondary N) is 1. The second-order valence-corrected chi connectivity index (χ2v) is 5.94. The molecular weight excluding hydrogens is 302 g/mol. The van der Waals surface area contributed by atoms with Gasteiger partial charge in [0, 0.05) is 11.4 Å². The number of hydrogen-bond acceptors (Lipinski definition) is 5. The van der Waals surface area contributed by atoms with E-state index >= 15 is 0 Å². The molecule has 1 aromatic heterocycles. The van der Waals surface area contributed by atoms with Crippen LogP contribution in [0.3, 0.4) is 0 Å². The lowest BCUT2D eigenvalue weighted by atomic mass is 10.0. The SMILES string of the molecule is COc1ccc(-c2ccc3ncnc(NC4CC4)c3c2)cc1OC. The average Bonchev–Trinajstić information content (AvgIpc) is 3.45. The van der Waals surface area contributed by atoms with Gasteiger partial charge in [0.2, 0.25) is 0 Å². The van der Waals surface area contributed by atoms with Gasteiger partial charge in [-0.1, -0.05) is 12.1 Å². The van der Waals surface area contributed by atoms with Gasteiger partial charge < -0.3 is 14.8 Å². The van der Waals surface area contributed by atoms with Crippen molar-refractivity contribution in [2.45, 2.75) is 18.9 Å². The number of fused-ring (bicyclic) bond motifs is 1. The number of hydrogen-bond donors (Lipinski definition) is 1. The third kappa shape index (κ3) is 2.73. The number of benzene rings is 2. The van der Waals surface area contributed by atoms with Gasteiger partial charge in [0.15, 0.2) is 11.5 Å². The smallest absolute Gasteiger partial charge is 0.161 e. The molecule has 1 aliphatic rings. The van der Waals surface area contributed by atoms with Crippen LogP contribution in [-0.4, -0.2) is 30.2 Å². The molecule has 1 aliphatic carbocycles. The van der Waals surface area contributed by atoms with Crippen LogP contribution < -0.4 is 14.8 Å². The van der Waals surface area contributed by atoms with Crippen molar-refractivity contribution in [2.75, 3.05) is 19.5 Å². The summed E-state index contributed by atoms with van der Waals surface area (Å²) in [6, 6.07) is 12.7. The molecule has 4 rings (SSSR count). The van der Waals surface area contributed by atoms with Crippen molar-refractivity contribution in [1.29, 1.82) is 0 Å². The highest BCUT2D eigenvalue weighted by Gasteiger charge is 2.22. The Morgan fingerprint density at radius 3 is 2.42 bits per heavy atom. The molecule has 1 saturated carbocycles. The molecule has 0 atom stereocenters. The summed E-state index contributed by atoms with van der Waals surface area (Å²) in [4.78, 5) is 8.79. The van der Waals surface area contributed by atoms with E-state index in [9.17, 15) is 0 Å². The highest BCUT2D eigenvalue weighted by molar-refractivity contribution is 5.92. The summed E-state index contributed by atoms with van der Waals surface area (Å²) in [7, 11) is 3.29. The maximum absolute atomic E-state index is 5.41. The van der Waals surface area contributed by atoms with Crippen molar-refractivity contribution in [3.63, 3.8) is 0 Å². The summed E-state index contributed by atoms with van der Waals surface area (Å²) in [5.74, 6) is 2.35. The van der Waals surface area contributed by atoms with Gasteiger partial charge in [-0.3, -0.25) is 0 Å². The van der Waals surface area contributed by atoms with Gasteiger partial charge in [-0.2, -0.15) is 0 Å². The zero-order chi connectivity index (χ0) is 16.5.